The molecule has 0 fully saturated rings. The maximum absolute atomic E-state index is 13.2. The Balaban J connectivity index is 2.22. The van der Waals surface area contributed by atoms with Crippen molar-refractivity contribution in [3.63, 3.8) is 0 Å². The van der Waals surface area contributed by atoms with Gasteiger partial charge in [-0.15, -0.1) is 0 Å². The minimum absolute atomic E-state index is 0.306. The van der Waals surface area contributed by atoms with E-state index in [1.807, 2.05) is 0 Å². The molecule has 2 N–H and O–H groups in total. The summed E-state index contributed by atoms with van der Waals surface area (Å²) in [6, 6.07) is 11.5. The van der Waals surface area contributed by atoms with E-state index >= 15 is 0 Å². The molecule has 2 aromatic rings. The number of rotatable bonds is 8. The van der Waals surface area contributed by atoms with E-state index in [0.717, 1.165) is 0 Å². The number of carboxylic acid groups (broad SMARTS) is 1. The summed E-state index contributed by atoms with van der Waals surface area (Å²) in [6.07, 6.45) is 2.44. The zero-order valence-corrected chi connectivity index (χ0v) is 14.3. The van der Waals surface area contributed by atoms with Gasteiger partial charge in [-0.25, -0.2) is 8.78 Å². The summed E-state index contributed by atoms with van der Waals surface area (Å²) in [4.78, 5) is 21.9. The lowest BCUT2D eigenvalue weighted by Crippen LogP contribution is -2.14. The fourth-order valence-electron chi connectivity index (χ4n) is 2.44. The van der Waals surface area contributed by atoms with Crippen molar-refractivity contribution in [2.24, 2.45) is 0 Å². The predicted octanol–water partition coefficient (Wildman–Crippen LogP) is 3.75. The van der Waals surface area contributed by atoms with Crippen molar-refractivity contribution in [2.75, 3.05) is 0 Å². The Kier molecular flexibility index (Phi) is 7.14. The summed E-state index contributed by atoms with van der Waals surface area (Å²) in [7, 11) is 0. The molecule has 0 saturated heterocycles. The van der Waals surface area contributed by atoms with Crippen LogP contribution in [0, 0.1) is 11.6 Å². The highest BCUT2D eigenvalue weighted by Gasteiger charge is 2.11. The molecule has 2 aromatic carbocycles. The second-order valence-electron chi connectivity index (χ2n) is 5.86. The molecular weight excluding hydrogens is 354 g/mol. The maximum Gasteiger partial charge on any atom is 0.310 e. The number of hydrogen-bond acceptors (Lipinski definition) is 3. The lowest BCUT2D eigenvalue weighted by atomic mass is 9.97. The van der Waals surface area contributed by atoms with Crippen LogP contribution in [0.15, 0.2) is 66.8 Å². The van der Waals surface area contributed by atoms with Crippen LogP contribution in [0.2, 0.25) is 0 Å². The molecule has 140 valence electrons. The molecule has 0 spiro atoms. The summed E-state index contributed by atoms with van der Waals surface area (Å²) in [5.74, 6) is -2.60. The number of aliphatic carboxylic acids is 1. The number of aliphatic hydroxyl groups excluding tert-OH is 1. The number of halogens is 2. The van der Waals surface area contributed by atoms with E-state index in [1.54, 1.807) is 30.3 Å². The van der Waals surface area contributed by atoms with Gasteiger partial charge in [0.15, 0.2) is 0 Å². The molecule has 0 amide bonds. The van der Waals surface area contributed by atoms with Gasteiger partial charge in [0.05, 0.1) is 6.10 Å². The van der Waals surface area contributed by atoms with Crippen LogP contribution in [0.4, 0.5) is 8.78 Å². The van der Waals surface area contributed by atoms with Gasteiger partial charge >= 0.3 is 5.97 Å². The molecule has 27 heavy (non-hydrogen) atoms. The Morgan fingerprint density at radius 3 is 1.85 bits per heavy atom. The Bertz CT molecular complexity index is 805. The number of aliphatic hydroxyl groups is 1. The van der Waals surface area contributed by atoms with E-state index in [9.17, 15) is 23.5 Å². The van der Waals surface area contributed by atoms with Crippen molar-refractivity contribution in [3.05, 3.63) is 89.5 Å². The van der Waals surface area contributed by atoms with Crippen molar-refractivity contribution in [1.82, 2.24) is 0 Å². The van der Waals surface area contributed by atoms with Crippen LogP contribution < -0.4 is 0 Å². The van der Waals surface area contributed by atoms with Crippen molar-refractivity contribution in [2.45, 2.75) is 18.9 Å². The first-order valence-electron chi connectivity index (χ1n) is 8.17. The largest absolute Gasteiger partial charge is 0.481 e. The highest BCUT2D eigenvalue weighted by Crippen LogP contribution is 2.24. The Hall–Kier alpha value is -3.12. The molecule has 0 aliphatic heterocycles. The van der Waals surface area contributed by atoms with Crippen molar-refractivity contribution < 1.29 is 28.6 Å². The maximum atomic E-state index is 13.2. The third-order valence-electron chi connectivity index (χ3n) is 3.69. The number of carbonyl (C=O) groups excluding carboxylic acids is 1. The minimum Gasteiger partial charge on any atom is -0.481 e. The minimum atomic E-state index is -1.24. The number of allylic oxidation sites excluding steroid dienone is 2. The van der Waals surface area contributed by atoms with Gasteiger partial charge < -0.3 is 10.2 Å². The predicted molar refractivity (Wildman–Crippen MR) is 96.9 cm³/mol. The molecule has 2 rings (SSSR count). The van der Waals surface area contributed by atoms with E-state index in [-0.39, 0.29) is 18.1 Å². The van der Waals surface area contributed by atoms with E-state index in [1.165, 1.54) is 36.4 Å². The SMILES string of the molecule is O=C(O)CC(=O)CC(O)C=CC=C(c1ccc(F)cc1)c1ccc(F)cc1. The smallest absolute Gasteiger partial charge is 0.310 e. The van der Waals surface area contributed by atoms with Crippen molar-refractivity contribution >= 4 is 17.3 Å². The van der Waals surface area contributed by atoms with Crippen LogP contribution in [-0.4, -0.2) is 28.1 Å². The number of carbonyl (C=O) groups is 2. The number of benzene rings is 2. The fourth-order valence-corrected chi connectivity index (χ4v) is 2.44. The second kappa shape index (κ2) is 9.54. The molecule has 0 aliphatic carbocycles. The van der Waals surface area contributed by atoms with E-state index in [0.29, 0.717) is 16.7 Å². The summed E-state index contributed by atoms with van der Waals surface area (Å²) in [5.41, 5.74) is 2.03. The summed E-state index contributed by atoms with van der Waals surface area (Å²) in [5, 5.41) is 18.4. The number of Topliss-reactive ketones (excluding diaryl/α,β-unsaturated/α-hetero) is 1. The molecule has 0 aromatic heterocycles. The van der Waals surface area contributed by atoms with Crippen molar-refractivity contribution in [1.29, 1.82) is 0 Å². The molecule has 6 heteroatoms. The lowest BCUT2D eigenvalue weighted by molar-refractivity contribution is -0.140. The number of carboxylic acids is 1. The summed E-state index contributed by atoms with van der Waals surface area (Å²) in [6.45, 7) is 0. The number of ketones is 1. The third-order valence-corrected chi connectivity index (χ3v) is 3.69. The standard InChI is InChI=1S/C21H18F2O4/c22-16-8-4-14(5-9-16)20(15-6-10-17(23)11-7-15)3-1-2-18(24)12-19(25)13-21(26)27/h1-11,18,24H,12-13H2,(H,26,27). The molecule has 0 heterocycles. The normalized spacial score (nSPS) is 12.0. The molecular formula is C21H18F2O4. The van der Waals surface area contributed by atoms with Gasteiger partial charge in [0, 0.05) is 6.42 Å². The molecule has 4 nitrogen and oxygen atoms in total. The quantitative estimate of drug-likeness (QED) is 0.547. The molecule has 1 atom stereocenters. The Morgan fingerprint density at radius 2 is 1.41 bits per heavy atom. The molecule has 0 saturated carbocycles. The first-order valence-corrected chi connectivity index (χ1v) is 8.17. The first-order chi connectivity index (χ1) is 12.8. The van der Waals surface area contributed by atoms with Crippen LogP contribution in [0.5, 0.6) is 0 Å². The van der Waals surface area contributed by atoms with Crippen LogP contribution >= 0.6 is 0 Å². The van der Waals surface area contributed by atoms with E-state index in [2.05, 4.69) is 0 Å². The number of hydrogen-bond donors (Lipinski definition) is 2. The van der Waals surface area contributed by atoms with Gasteiger partial charge in [0.1, 0.15) is 23.8 Å². The van der Waals surface area contributed by atoms with Crippen LogP contribution in [-0.2, 0) is 9.59 Å². The van der Waals surface area contributed by atoms with Gasteiger partial charge in [-0.2, -0.15) is 0 Å². The molecule has 0 bridgehead atoms. The van der Waals surface area contributed by atoms with Crippen molar-refractivity contribution in [3.8, 4) is 0 Å². The first kappa shape index (κ1) is 20.2. The Labute approximate surface area is 155 Å². The van der Waals surface area contributed by atoms with E-state index < -0.39 is 24.3 Å². The van der Waals surface area contributed by atoms with Gasteiger partial charge in [-0.05, 0) is 41.0 Å². The highest BCUT2D eigenvalue weighted by atomic mass is 19.1. The summed E-state index contributed by atoms with van der Waals surface area (Å²) >= 11 is 0. The van der Waals surface area contributed by atoms with Gasteiger partial charge in [0.25, 0.3) is 0 Å². The van der Waals surface area contributed by atoms with Gasteiger partial charge in [0.2, 0.25) is 0 Å². The molecule has 1 unspecified atom stereocenters. The topological polar surface area (TPSA) is 74.6 Å². The van der Waals surface area contributed by atoms with Crippen LogP contribution in [0.25, 0.3) is 5.57 Å². The molecule has 0 radical (unpaired) electrons. The van der Waals surface area contributed by atoms with Crippen LogP contribution in [0.3, 0.4) is 0 Å². The average molecular weight is 372 g/mol. The van der Waals surface area contributed by atoms with E-state index in [4.69, 9.17) is 5.11 Å². The Morgan fingerprint density at radius 1 is 0.926 bits per heavy atom. The average Bonchev–Trinajstić information content (AvgIpc) is 2.60. The monoisotopic (exact) mass is 372 g/mol. The molecule has 0 aliphatic rings. The lowest BCUT2D eigenvalue weighted by Gasteiger charge is -2.08. The zero-order chi connectivity index (χ0) is 19.8. The zero-order valence-electron chi connectivity index (χ0n) is 14.3. The van der Waals surface area contributed by atoms with Gasteiger partial charge in [-0.1, -0.05) is 42.5 Å². The fraction of sp³-hybridized carbons (Fsp3) is 0.143. The van der Waals surface area contributed by atoms with Crippen LogP contribution in [0.1, 0.15) is 24.0 Å². The second-order valence-corrected chi connectivity index (χ2v) is 5.86. The highest BCUT2D eigenvalue weighted by molar-refractivity contribution is 5.95. The summed E-state index contributed by atoms with van der Waals surface area (Å²) < 4.78 is 26.4. The third kappa shape index (κ3) is 6.60. The van der Waals surface area contributed by atoms with Gasteiger partial charge in [-0.3, -0.25) is 9.59 Å².